The summed E-state index contributed by atoms with van der Waals surface area (Å²) < 4.78 is 27.8. The molecule has 1 saturated heterocycles. The van der Waals surface area contributed by atoms with Crippen molar-refractivity contribution >= 4 is 12.2 Å². The van der Waals surface area contributed by atoms with Crippen molar-refractivity contribution in [3.63, 3.8) is 0 Å². The topological polar surface area (TPSA) is 78.9 Å². The van der Waals surface area contributed by atoms with Gasteiger partial charge in [0.1, 0.15) is 0 Å². The molecule has 3 rings (SSSR count). The minimum Gasteiger partial charge on any atom is -0.390 e. The molecule has 0 aromatic heterocycles. The summed E-state index contributed by atoms with van der Waals surface area (Å²) in [4.78, 5) is 19.0. The number of carbonyl (C=O) groups excluding carboxylic acids is 1. The van der Waals surface area contributed by atoms with Gasteiger partial charge in [-0.15, -0.1) is 0 Å². The number of nitrogens with zero attached hydrogens (tertiary/aromatic N) is 2. The highest BCUT2D eigenvalue weighted by atomic mass is 19.3. The van der Waals surface area contributed by atoms with Gasteiger partial charge in [-0.3, -0.25) is 9.79 Å². The Hall–Kier alpha value is -2.02. The van der Waals surface area contributed by atoms with Gasteiger partial charge in [-0.2, -0.15) is 0 Å². The Morgan fingerprint density at radius 1 is 1.29 bits per heavy atom. The lowest BCUT2D eigenvalue weighted by atomic mass is 9.78. The third-order valence-corrected chi connectivity index (χ3v) is 6.21. The lowest BCUT2D eigenvalue weighted by Gasteiger charge is -2.40. The molecule has 1 aromatic rings. The Kier molecular flexibility index (Phi) is 6.33. The van der Waals surface area contributed by atoms with Crippen LogP contribution in [0.3, 0.4) is 0 Å². The maximum atomic E-state index is 13.9. The van der Waals surface area contributed by atoms with Crippen LogP contribution in [-0.4, -0.2) is 47.8 Å². The fourth-order valence-electron chi connectivity index (χ4n) is 4.53. The summed E-state index contributed by atoms with van der Waals surface area (Å²) >= 11 is 0. The lowest BCUT2D eigenvalue weighted by molar-refractivity contribution is -0.162. The van der Waals surface area contributed by atoms with Crippen LogP contribution in [0.2, 0.25) is 0 Å². The predicted octanol–water partition coefficient (Wildman–Crippen LogP) is 2.93. The first-order valence-corrected chi connectivity index (χ1v) is 10.0. The number of hydrogen-bond acceptors (Lipinski definition) is 3. The Balaban J connectivity index is 1.75. The van der Waals surface area contributed by atoms with Crippen molar-refractivity contribution in [3.8, 4) is 0 Å². The highest BCUT2D eigenvalue weighted by Crippen LogP contribution is 2.48. The van der Waals surface area contributed by atoms with Gasteiger partial charge >= 0.3 is 0 Å². The Morgan fingerprint density at radius 2 is 1.96 bits per heavy atom. The number of carbonyl (C=O) groups is 1. The Bertz CT molecular complexity index is 690. The number of benzene rings is 1. The molecule has 154 valence electrons. The highest BCUT2D eigenvalue weighted by molar-refractivity contribution is 5.87. The van der Waals surface area contributed by atoms with E-state index in [9.17, 15) is 18.7 Å². The number of nitrogens with two attached hydrogens (primary N) is 1. The molecule has 1 saturated carbocycles. The van der Waals surface area contributed by atoms with Gasteiger partial charge in [-0.05, 0) is 37.2 Å². The molecular formula is C21H29F2N3O2. The van der Waals surface area contributed by atoms with Gasteiger partial charge in [-0.25, -0.2) is 8.78 Å². The van der Waals surface area contributed by atoms with Crippen molar-refractivity contribution in [1.29, 1.82) is 0 Å². The summed E-state index contributed by atoms with van der Waals surface area (Å²) in [5.41, 5.74) is 3.76. The molecule has 2 aliphatic rings. The number of likely N-dealkylation sites (tertiary alicyclic amines) is 1. The first-order valence-electron chi connectivity index (χ1n) is 10.0. The van der Waals surface area contributed by atoms with Gasteiger partial charge in [0.25, 0.3) is 5.91 Å². The van der Waals surface area contributed by atoms with E-state index in [-0.39, 0.29) is 12.8 Å². The number of piperidine rings is 1. The van der Waals surface area contributed by atoms with Gasteiger partial charge < -0.3 is 15.7 Å². The average Bonchev–Trinajstić information content (AvgIpc) is 3.08. The molecule has 2 atom stereocenters. The summed E-state index contributed by atoms with van der Waals surface area (Å²) in [6.07, 6.45) is 3.23. The Labute approximate surface area is 164 Å². The van der Waals surface area contributed by atoms with Gasteiger partial charge in [-0.1, -0.05) is 30.3 Å². The average molecular weight is 393 g/mol. The molecule has 1 aliphatic carbocycles. The van der Waals surface area contributed by atoms with Crippen LogP contribution < -0.4 is 5.73 Å². The van der Waals surface area contributed by atoms with Crippen LogP contribution in [-0.2, 0) is 10.4 Å². The fraction of sp³-hybridized carbons (Fsp3) is 0.619. The van der Waals surface area contributed by atoms with Gasteiger partial charge in [0.2, 0.25) is 5.92 Å². The molecule has 5 nitrogen and oxygen atoms in total. The largest absolute Gasteiger partial charge is 0.390 e. The van der Waals surface area contributed by atoms with Crippen LogP contribution in [0, 0.1) is 11.8 Å². The molecule has 1 aliphatic heterocycles. The number of hydrogen-bond donors (Lipinski definition) is 2. The van der Waals surface area contributed by atoms with Crippen molar-refractivity contribution in [3.05, 3.63) is 35.9 Å². The summed E-state index contributed by atoms with van der Waals surface area (Å²) in [6.45, 7) is 1.71. The maximum Gasteiger partial charge on any atom is 0.259 e. The second kappa shape index (κ2) is 8.55. The minimum atomic E-state index is -2.83. The number of aliphatic imine (C=N–C) groups is 1. The summed E-state index contributed by atoms with van der Waals surface area (Å²) in [6, 6.07) is 8.56. The monoisotopic (exact) mass is 393 g/mol. The van der Waals surface area contributed by atoms with Gasteiger partial charge in [0.05, 0.1) is 6.34 Å². The van der Waals surface area contributed by atoms with E-state index < -0.39 is 29.8 Å². The van der Waals surface area contributed by atoms with Crippen molar-refractivity contribution < 1.29 is 18.7 Å². The second-order valence-corrected chi connectivity index (χ2v) is 8.01. The molecule has 0 spiro atoms. The quantitative estimate of drug-likeness (QED) is 0.576. The van der Waals surface area contributed by atoms with E-state index in [0.29, 0.717) is 31.1 Å². The summed E-state index contributed by atoms with van der Waals surface area (Å²) in [7, 11) is 0. The second-order valence-electron chi connectivity index (χ2n) is 8.01. The third-order valence-electron chi connectivity index (χ3n) is 6.21. The van der Waals surface area contributed by atoms with Crippen molar-refractivity contribution in [2.75, 3.05) is 19.6 Å². The molecule has 1 amide bonds. The molecule has 0 radical (unpaired) electrons. The van der Waals surface area contributed by atoms with Crippen LogP contribution in [0.15, 0.2) is 35.3 Å². The number of rotatable bonds is 6. The number of halogens is 2. The third kappa shape index (κ3) is 4.35. The number of alkyl halides is 2. The zero-order valence-electron chi connectivity index (χ0n) is 16.1. The molecule has 0 unspecified atom stereocenters. The SMILES string of the molecule is NC=NCCC1CCN(C(=O)[C@](O)(c2ccccc2)[C@@H]2CCC(F)(F)C2)CC1. The van der Waals surface area contributed by atoms with E-state index in [1.165, 1.54) is 6.34 Å². The Morgan fingerprint density at radius 3 is 2.54 bits per heavy atom. The smallest absolute Gasteiger partial charge is 0.259 e. The first-order chi connectivity index (χ1) is 13.4. The van der Waals surface area contributed by atoms with E-state index in [0.717, 1.165) is 19.3 Å². The van der Waals surface area contributed by atoms with Crippen molar-refractivity contribution in [2.24, 2.45) is 22.6 Å². The lowest BCUT2D eigenvalue weighted by Crippen LogP contribution is -2.53. The van der Waals surface area contributed by atoms with Crippen molar-refractivity contribution in [2.45, 2.75) is 50.0 Å². The van der Waals surface area contributed by atoms with E-state index >= 15 is 0 Å². The molecule has 1 heterocycles. The van der Waals surface area contributed by atoms with E-state index in [2.05, 4.69) is 4.99 Å². The van der Waals surface area contributed by atoms with E-state index in [4.69, 9.17) is 5.73 Å². The molecule has 2 fully saturated rings. The van der Waals surface area contributed by atoms with Crippen LogP contribution >= 0.6 is 0 Å². The maximum absolute atomic E-state index is 13.9. The standard InChI is InChI=1S/C21H29F2N3O2/c22-20(23)10-6-18(14-20)21(28,17-4-2-1-3-5-17)19(27)26-12-8-16(9-13-26)7-11-25-15-24/h1-5,15-16,18,28H,6-14H2,(H2,24,25)/t18-,21+/m1/s1. The zero-order valence-corrected chi connectivity index (χ0v) is 16.1. The zero-order chi connectivity index (χ0) is 20.2. The van der Waals surface area contributed by atoms with E-state index in [1.807, 2.05) is 0 Å². The molecule has 28 heavy (non-hydrogen) atoms. The first kappa shape index (κ1) is 20.7. The van der Waals surface area contributed by atoms with Crippen molar-refractivity contribution in [1.82, 2.24) is 4.90 Å². The highest BCUT2D eigenvalue weighted by Gasteiger charge is 2.54. The summed E-state index contributed by atoms with van der Waals surface area (Å²) in [5.74, 6) is -3.60. The molecule has 7 heteroatoms. The summed E-state index contributed by atoms with van der Waals surface area (Å²) in [5, 5.41) is 11.5. The number of amides is 1. The number of aliphatic hydroxyl groups is 1. The van der Waals surface area contributed by atoms with Crippen LogP contribution in [0.1, 0.15) is 44.1 Å². The molecule has 1 aromatic carbocycles. The fourth-order valence-corrected chi connectivity index (χ4v) is 4.53. The predicted molar refractivity (Wildman–Crippen MR) is 104 cm³/mol. The van der Waals surface area contributed by atoms with Gasteiger partial charge in [0.15, 0.2) is 5.60 Å². The molecule has 0 bridgehead atoms. The minimum absolute atomic E-state index is 0.137. The normalized spacial score (nSPS) is 25.1. The van der Waals surface area contributed by atoms with Crippen LogP contribution in [0.4, 0.5) is 8.78 Å². The van der Waals surface area contributed by atoms with Crippen LogP contribution in [0.5, 0.6) is 0 Å². The molecular weight excluding hydrogens is 364 g/mol. The van der Waals surface area contributed by atoms with E-state index in [1.54, 1.807) is 35.2 Å². The molecule has 3 N–H and O–H groups in total. The van der Waals surface area contributed by atoms with Crippen LogP contribution in [0.25, 0.3) is 0 Å². The van der Waals surface area contributed by atoms with Gasteiger partial charge in [0, 0.05) is 38.4 Å².